The average molecular weight is 341 g/mol. The van der Waals surface area contributed by atoms with Crippen LogP contribution in [0, 0.1) is 0 Å². The van der Waals surface area contributed by atoms with Crippen molar-refractivity contribution in [2.24, 2.45) is 5.73 Å². The van der Waals surface area contributed by atoms with Crippen molar-refractivity contribution in [3.63, 3.8) is 0 Å². The highest BCUT2D eigenvalue weighted by atomic mass is 19.4. The van der Waals surface area contributed by atoms with E-state index >= 15 is 0 Å². The van der Waals surface area contributed by atoms with Gasteiger partial charge in [-0.15, -0.1) is 13.2 Å². The van der Waals surface area contributed by atoms with Crippen LogP contribution in [0.4, 0.5) is 13.2 Å². The number of amides is 1. The van der Waals surface area contributed by atoms with Crippen LogP contribution >= 0.6 is 0 Å². The van der Waals surface area contributed by atoms with Crippen LogP contribution < -0.4 is 19.9 Å². The summed E-state index contributed by atoms with van der Waals surface area (Å²) in [6.07, 6.45) is -4.74. The molecule has 0 saturated heterocycles. The van der Waals surface area contributed by atoms with Crippen LogP contribution in [-0.2, 0) is 6.61 Å². The van der Waals surface area contributed by atoms with Gasteiger partial charge in [0, 0.05) is 0 Å². The summed E-state index contributed by atoms with van der Waals surface area (Å²) in [5.74, 6) is -0.523. The van der Waals surface area contributed by atoms with Crippen molar-refractivity contribution in [3.8, 4) is 17.2 Å². The SMILES string of the molecule is COc1cccc(C(N)=O)c1OCc1ccc(OC(F)(F)F)cc1. The van der Waals surface area contributed by atoms with E-state index in [1.807, 2.05) is 0 Å². The number of carbonyl (C=O) groups is 1. The number of hydrogen-bond donors (Lipinski definition) is 1. The summed E-state index contributed by atoms with van der Waals surface area (Å²) in [5, 5.41) is 0. The molecule has 1 amide bonds. The molecule has 0 fully saturated rings. The van der Waals surface area contributed by atoms with Crippen LogP contribution in [0.15, 0.2) is 42.5 Å². The van der Waals surface area contributed by atoms with Crippen molar-refractivity contribution in [1.29, 1.82) is 0 Å². The van der Waals surface area contributed by atoms with Gasteiger partial charge in [0.2, 0.25) is 0 Å². The van der Waals surface area contributed by atoms with Crippen LogP contribution in [0.25, 0.3) is 0 Å². The zero-order chi connectivity index (χ0) is 17.7. The van der Waals surface area contributed by atoms with Crippen LogP contribution in [0.5, 0.6) is 17.2 Å². The standard InChI is InChI=1S/C16H14F3NO4/c1-22-13-4-2-3-12(15(20)21)14(13)23-9-10-5-7-11(8-6-10)24-16(17,18)19/h2-8H,9H2,1H3,(H2,20,21). The van der Waals surface area contributed by atoms with Crippen LogP contribution in [0.1, 0.15) is 15.9 Å². The lowest BCUT2D eigenvalue weighted by atomic mass is 10.1. The lowest BCUT2D eigenvalue weighted by Crippen LogP contribution is -2.17. The van der Waals surface area contributed by atoms with Gasteiger partial charge in [0.25, 0.3) is 5.91 Å². The molecule has 24 heavy (non-hydrogen) atoms. The highest BCUT2D eigenvalue weighted by Crippen LogP contribution is 2.31. The molecule has 0 aliphatic heterocycles. The summed E-state index contributed by atoms with van der Waals surface area (Å²) in [6, 6.07) is 9.85. The molecular weight excluding hydrogens is 327 g/mol. The van der Waals surface area contributed by atoms with Crippen molar-refractivity contribution in [2.75, 3.05) is 7.11 Å². The molecule has 0 radical (unpaired) electrons. The van der Waals surface area contributed by atoms with Crippen molar-refractivity contribution < 1.29 is 32.2 Å². The summed E-state index contributed by atoms with van der Waals surface area (Å²) >= 11 is 0. The third-order valence-electron chi connectivity index (χ3n) is 3.00. The Labute approximate surface area is 135 Å². The Kier molecular flexibility index (Phi) is 5.18. The number of halogens is 3. The number of primary amides is 1. The number of para-hydroxylation sites is 1. The first-order chi connectivity index (χ1) is 11.3. The molecule has 0 aliphatic rings. The predicted octanol–water partition coefficient (Wildman–Crippen LogP) is 3.27. The van der Waals surface area contributed by atoms with E-state index in [0.717, 1.165) is 0 Å². The van der Waals surface area contributed by atoms with Crippen molar-refractivity contribution in [1.82, 2.24) is 0 Å². The fourth-order valence-corrected chi connectivity index (χ4v) is 1.96. The molecular formula is C16H14F3NO4. The van der Waals surface area contributed by atoms with Gasteiger partial charge >= 0.3 is 6.36 Å². The Hall–Kier alpha value is -2.90. The molecule has 0 heterocycles. The fourth-order valence-electron chi connectivity index (χ4n) is 1.96. The second kappa shape index (κ2) is 7.12. The third-order valence-corrected chi connectivity index (χ3v) is 3.00. The molecule has 0 bridgehead atoms. The quantitative estimate of drug-likeness (QED) is 0.875. The van der Waals surface area contributed by atoms with Gasteiger partial charge in [0.1, 0.15) is 12.4 Å². The van der Waals surface area contributed by atoms with E-state index in [1.54, 1.807) is 12.1 Å². The first-order valence-corrected chi connectivity index (χ1v) is 6.74. The molecule has 0 spiro atoms. The second-order valence-electron chi connectivity index (χ2n) is 4.68. The number of nitrogens with two attached hydrogens (primary N) is 1. The second-order valence-corrected chi connectivity index (χ2v) is 4.68. The largest absolute Gasteiger partial charge is 0.573 e. The van der Waals surface area contributed by atoms with Gasteiger partial charge in [-0.3, -0.25) is 4.79 Å². The number of alkyl halides is 3. The topological polar surface area (TPSA) is 70.8 Å². The minimum Gasteiger partial charge on any atom is -0.493 e. The minimum atomic E-state index is -4.74. The highest BCUT2D eigenvalue weighted by Gasteiger charge is 2.30. The normalized spacial score (nSPS) is 11.0. The maximum atomic E-state index is 12.1. The van der Waals surface area contributed by atoms with E-state index in [4.69, 9.17) is 15.2 Å². The number of ether oxygens (including phenoxy) is 3. The zero-order valence-corrected chi connectivity index (χ0v) is 12.6. The number of methoxy groups -OCH3 is 1. The molecule has 2 N–H and O–H groups in total. The van der Waals surface area contributed by atoms with Crippen LogP contribution in [0.2, 0.25) is 0 Å². The van der Waals surface area contributed by atoms with Crippen LogP contribution in [0.3, 0.4) is 0 Å². The molecule has 2 aromatic carbocycles. The van der Waals surface area contributed by atoms with E-state index < -0.39 is 12.3 Å². The van der Waals surface area contributed by atoms with E-state index in [1.165, 1.54) is 37.4 Å². The molecule has 2 rings (SSSR count). The van der Waals surface area contributed by atoms with E-state index in [9.17, 15) is 18.0 Å². The van der Waals surface area contributed by atoms with Gasteiger partial charge in [-0.2, -0.15) is 0 Å². The highest BCUT2D eigenvalue weighted by molar-refractivity contribution is 5.96. The van der Waals surface area contributed by atoms with Crippen molar-refractivity contribution in [3.05, 3.63) is 53.6 Å². The number of benzene rings is 2. The summed E-state index contributed by atoms with van der Waals surface area (Å²) < 4.78 is 50.8. The monoisotopic (exact) mass is 341 g/mol. The molecule has 0 aliphatic carbocycles. The molecule has 128 valence electrons. The Morgan fingerprint density at radius 2 is 1.79 bits per heavy atom. The van der Waals surface area contributed by atoms with Gasteiger partial charge < -0.3 is 19.9 Å². The summed E-state index contributed by atoms with van der Waals surface area (Å²) in [5.41, 5.74) is 6.01. The zero-order valence-electron chi connectivity index (χ0n) is 12.6. The number of carbonyl (C=O) groups excluding carboxylic acids is 1. The first kappa shape index (κ1) is 17.5. The van der Waals surface area contributed by atoms with Gasteiger partial charge in [-0.05, 0) is 29.8 Å². The smallest absolute Gasteiger partial charge is 0.493 e. The molecule has 2 aromatic rings. The Morgan fingerprint density at radius 3 is 2.33 bits per heavy atom. The molecule has 0 atom stereocenters. The molecule has 8 heteroatoms. The molecule has 5 nitrogen and oxygen atoms in total. The Balaban J connectivity index is 2.12. The maximum Gasteiger partial charge on any atom is 0.573 e. The summed E-state index contributed by atoms with van der Waals surface area (Å²) in [7, 11) is 1.41. The molecule has 0 aromatic heterocycles. The van der Waals surface area contributed by atoms with Gasteiger partial charge in [0.05, 0.1) is 12.7 Å². The lowest BCUT2D eigenvalue weighted by molar-refractivity contribution is -0.274. The third kappa shape index (κ3) is 4.55. The van der Waals surface area contributed by atoms with Crippen molar-refractivity contribution >= 4 is 5.91 Å². The number of hydrogen-bond acceptors (Lipinski definition) is 4. The van der Waals surface area contributed by atoms with Crippen LogP contribution in [-0.4, -0.2) is 19.4 Å². The van der Waals surface area contributed by atoms with E-state index in [-0.39, 0.29) is 23.7 Å². The number of rotatable bonds is 6. The fraction of sp³-hybridized carbons (Fsp3) is 0.188. The van der Waals surface area contributed by atoms with E-state index in [2.05, 4.69) is 4.74 Å². The molecule has 0 unspecified atom stereocenters. The van der Waals surface area contributed by atoms with Crippen molar-refractivity contribution in [2.45, 2.75) is 13.0 Å². The maximum absolute atomic E-state index is 12.1. The first-order valence-electron chi connectivity index (χ1n) is 6.74. The van der Waals surface area contributed by atoms with Gasteiger partial charge in [0.15, 0.2) is 11.5 Å². The Bertz CT molecular complexity index is 714. The lowest BCUT2D eigenvalue weighted by Gasteiger charge is -2.14. The Morgan fingerprint density at radius 1 is 1.12 bits per heavy atom. The van der Waals surface area contributed by atoms with Gasteiger partial charge in [-0.1, -0.05) is 18.2 Å². The average Bonchev–Trinajstić information content (AvgIpc) is 2.52. The predicted molar refractivity (Wildman–Crippen MR) is 79.0 cm³/mol. The summed E-state index contributed by atoms with van der Waals surface area (Å²) in [6.45, 7) is 0.00690. The van der Waals surface area contributed by atoms with Gasteiger partial charge in [-0.25, -0.2) is 0 Å². The summed E-state index contributed by atoms with van der Waals surface area (Å²) in [4.78, 5) is 11.4. The minimum absolute atomic E-state index is 0.00690. The molecule has 0 saturated carbocycles. The van der Waals surface area contributed by atoms with E-state index in [0.29, 0.717) is 11.3 Å².